The maximum atomic E-state index is 12.6. The van der Waals surface area contributed by atoms with Crippen molar-refractivity contribution in [1.29, 1.82) is 0 Å². The topological polar surface area (TPSA) is 67.9 Å². The maximum absolute atomic E-state index is 12.6. The number of rotatable bonds is 6. The van der Waals surface area contributed by atoms with Crippen LogP contribution in [0.5, 0.6) is 5.75 Å². The Hall–Kier alpha value is -2.08. The number of carbonyl (C=O) groups is 2. The van der Waals surface area contributed by atoms with Gasteiger partial charge in [0.1, 0.15) is 5.75 Å². The fourth-order valence-electron chi connectivity index (χ4n) is 2.98. The van der Waals surface area contributed by atoms with Crippen LogP contribution < -0.4 is 10.1 Å². The molecule has 1 unspecified atom stereocenters. The van der Waals surface area contributed by atoms with Gasteiger partial charge in [-0.1, -0.05) is 12.1 Å². The van der Waals surface area contributed by atoms with Crippen molar-refractivity contribution in [3.63, 3.8) is 0 Å². The second-order valence-corrected chi connectivity index (χ2v) is 6.05. The zero-order chi connectivity index (χ0) is 17.5. The number of hydrogen-bond donors (Lipinski definition) is 1. The number of ether oxygens (including phenoxy) is 2. The lowest BCUT2D eigenvalue weighted by atomic mass is 10.0. The molecular formula is C18H26N2O4. The molecule has 0 spiro atoms. The molecule has 1 aliphatic heterocycles. The first kappa shape index (κ1) is 18.3. The minimum Gasteiger partial charge on any atom is -0.497 e. The van der Waals surface area contributed by atoms with Crippen LogP contribution in [-0.4, -0.2) is 50.1 Å². The summed E-state index contributed by atoms with van der Waals surface area (Å²) in [6, 6.07) is 7.09. The second kappa shape index (κ2) is 8.68. The van der Waals surface area contributed by atoms with Crippen LogP contribution in [0.2, 0.25) is 0 Å². The zero-order valence-electron chi connectivity index (χ0n) is 14.6. The maximum Gasteiger partial charge on any atom is 0.224 e. The molecule has 0 radical (unpaired) electrons. The Bertz CT molecular complexity index is 551. The molecule has 0 aromatic heterocycles. The molecule has 0 aliphatic carbocycles. The largest absolute Gasteiger partial charge is 0.497 e. The zero-order valence-corrected chi connectivity index (χ0v) is 14.6. The average molecular weight is 334 g/mol. The highest BCUT2D eigenvalue weighted by Gasteiger charge is 2.25. The van der Waals surface area contributed by atoms with Crippen molar-refractivity contribution in [3.8, 4) is 5.75 Å². The van der Waals surface area contributed by atoms with Crippen LogP contribution in [0.3, 0.4) is 0 Å². The second-order valence-electron chi connectivity index (χ2n) is 6.05. The first-order valence-electron chi connectivity index (χ1n) is 8.25. The summed E-state index contributed by atoms with van der Waals surface area (Å²) < 4.78 is 10.5. The third-order valence-corrected chi connectivity index (χ3v) is 4.40. The lowest BCUT2D eigenvalue weighted by molar-refractivity contribution is -0.134. The quantitative estimate of drug-likeness (QED) is 0.863. The summed E-state index contributed by atoms with van der Waals surface area (Å²) in [4.78, 5) is 26.0. The van der Waals surface area contributed by atoms with E-state index in [1.54, 1.807) is 14.2 Å². The molecule has 1 atom stereocenters. The summed E-state index contributed by atoms with van der Waals surface area (Å²) in [5, 5.41) is 2.87. The van der Waals surface area contributed by atoms with Crippen LogP contribution >= 0.6 is 0 Å². The SMILES string of the molecule is COc1ccc(C(CC(=O)N2CCC(OC)CC2)NC(C)=O)cc1. The van der Waals surface area contributed by atoms with Gasteiger partial charge in [-0.3, -0.25) is 9.59 Å². The van der Waals surface area contributed by atoms with Crippen LogP contribution in [0.1, 0.15) is 37.8 Å². The smallest absolute Gasteiger partial charge is 0.224 e. The molecule has 1 saturated heterocycles. The van der Waals surface area contributed by atoms with Crippen molar-refractivity contribution in [1.82, 2.24) is 10.2 Å². The normalized spacial score (nSPS) is 16.5. The molecule has 1 heterocycles. The third-order valence-electron chi connectivity index (χ3n) is 4.40. The number of carbonyl (C=O) groups excluding carboxylic acids is 2. The van der Waals surface area contributed by atoms with Gasteiger partial charge < -0.3 is 19.7 Å². The Labute approximate surface area is 143 Å². The number of nitrogens with one attached hydrogen (secondary N) is 1. The van der Waals surface area contributed by atoms with Crippen molar-refractivity contribution in [3.05, 3.63) is 29.8 Å². The number of benzene rings is 1. The molecule has 1 fully saturated rings. The van der Waals surface area contributed by atoms with Gasteiger partial charge >= 0.3 is 0 Å². The van der Waals surface area contributed by atoms with E-state index in [2.05, 4.69) is 5.32 Å². The number of methoxy groups -OCH3 is 2. The number of nitrogens with zero attached hydrogens (tertiary/aromatic N) is 1. The summed E-state index contributed by atoms with van der Waals surface area (Å²) in [6.45, 7) is 2.87. The van der Waals surface area contributed by atoms with Gasteiger partial charge in [-0.2, -0.15) is 0 Å². The van der Waals surface area contributed by atoms with Crippen LogP contribution in [0.15, 0.2) is 24.3 Å². The highest BCUT2D eigenvalue weighted by atomic mass is 16.5. The number of amides is 2. The highest BCUT2D eigenvalue weighted by Crippen LogP contribution is 2.22. The van der Waals surface area contributed by atoms with Crippen LogP contribution in [0.25, 0.3) is 0 Å². The fourth-order valence-corrected chi connectivity index (χ4v) is 2.98. The Balaban J connectivity index is 2.02. The average Bonchev–Trinajstić information content (AvgIpc) is 2.61. The van der Waals surface area contributed by atoms with E-state index in [4.69, 9.17) is 9.47 Å². The van der Waals surface area contributed by atoms with Crippen LogP contribution in [-0.2, 0) is 14.3 Å². The number of likely N-dealkylation sites (tertiary alicyclic amines) is 1. The van der Waals surface area contributed by atoms with Gasteiger partial charge in [0.05, 0.1) is 25.7 Å². The standard InChI is InChI=1S/C18H26N2O4/c1-13(21)19-17(14-4-6-15(23-2)7-5-14)12-18(22)20-10-8-16(24-3)9-11-20/h4-7,16-17H,8-12H2,1-3H3,(H,19,21). The fraction of sp³-hybridized carbons (Fsp3) is 0.556. The molecule has 0 bridgehead atoms. The van der Waals surface area contributed by atoms with E-state index >= 15 is 0 Å². The van der Waals surface area contributed by atoms with E-state index in [0.717, 1.165) is 24.2 Å². The van der Waals surface area contributed by atoms with E-state index in [1.807, 2.05) is 29.2 Å². The van der Waals surface area contributed by atoms with Gasteiger partial charge in [-0.15, -0.1) is 0 Å². The van der Waals surface area contributed by atoms with Gasteiger partial charge in [0.15, 0.2) is 0 Å². The van der Waals surface area contributed by atoms with Gasteiger partial charge in [-0.05, 0) is 30.5 Å². The first-order chi connectivity index (χ1) is 11.5. The Morgan fingerprint density at radius 1 is 1.21 bits per heavy atom. The van der Waals surface area contributed by atoms with Crippen molar-refractivity contribution >= 4 is 11.8 Å². The molecule has 6 nitrogen and oxygen atoms in total. The molecule has 24 heavy (non-hydrogen) atoms. The summed E-state index contributed by atoms with van der Waals surface area (Å²) >= 11 is 0. The van der Waals surface area contributed by atoms with E-state index in [-0.39, 0.29) is 30.4 Å². The molecule has 1 aliphatic rings. The molecule has 132 valence electrons. The summed E-state index contributed by atoms with van der Waals surface area (Å²) in [7, 11) is 3.31. The van der Waals surface area contributed by atoms with E-state index in [9.17, 15) is 9.59 Å². The number of piperidine rings is 1. The predicted molar refractivity (Wildman–Crippen MR) is 90.8 cm³/mol. The molecule has 1 aromatic carbocycles. The lowest BCUT2D eigenvalue weighted by Crippen LogP contribution is -2.42. The molecule has 1 aromatic rings. The summed E-state index contributed by atoms with van der Waals surface area (Å²) in [6.07, 6.45) is 2.20. The molecule has 0 saturated carbocycles. The van der Waals surface area contributed by atoms with Crippen molar-refractivity contribution in [2.24, 2.45) is 0 Å². The molecule has 6 heteroatoms. The van der Waals surface area contributed by atoms with Crippen molar-refractivity contribution in [2.75, 3.05) is 27.3 Å². The molecule has 2 rings (SSSR count). The van der Waals surface area contributed by atoms with Crippen LogP contribution in [0.4, 0.5) is 0 Å². The van der Waals surface area contributed by atoms with Crippen molar-refractivity contribution in [2.45, 2.75) is 38.3 Å². The minimum atomic E-state index is -0.332. The van der Waals surface area contributed by atoms with Gasteiger partial charge in [0.25, 0.3) is 0 Å². The highest BCUT2D eigenvalue weighted by molar-refractivity contribution is 5.79. The molecule has 2 amide bonds. The molecule has 1 N–H and O–H groups in total. The lowest BCUT2D eigenvalue weighted by Gasteiger charge is -2.32. The summed E-state index contributed by atoms with van der Waals surface area (Å²) in [5.41, 5.74) is 0.895. The third kappa shape index (κ3) is 4.96. The van der Waals surface area contributed by atoms with Crippen molar-refractivity contribution < 1.29 is 19.1 Å². The summed E-state index contributed by atoms with van der Waals surface area (Å²) in [5.74, 6) is 0.647. The Morgan fingerprint density at radius 3 is 2.33 bits per heavy atom. The molecular weight excluding hydrogens is 308 g/mol. The monoisotopic (exact) mass is 334 g/mol. The van der Waals surface area contributed by atoms with Gasteiger partial charge in [0.2, 0.25) is 11.8 Å². The van der Waals surface area contributed by atoms with E-state index in [0.29, 0.717) is 13.1 Å². The predicted octanol–water partition coefficient (Wildman–Crippen LogP) is 1.90. The van der Waals surface area contributed by atoms with E-state index < -0.39 is 0 Å². The first-order valence-corrected chi connectivity index (χ1v) is 8.25. The van der Waals surface area contributed by atoms with Gasteiger partial charge in [0, 0.05) is 27.1 Å². The van der Waals surface area contributed by atoms with Gasteiger partial charge in [-0.25, -0.2) is 0 Å². The minimum absolute atomic E-state index is 0.0547. The Kier molecular flexibility index (Phi) is 6.61. The van der Waals surface area contributed by atoms with Crippen LogP contribution in [0, 0.1) is 0 Å². The number of hydrogen-bond acceptors (Lipinski definition) is 4. The van der Waals surface area contributed by atoms with E-state index in [1.165, 1.54) is 6.92 Å². The Morgan fingerprint density at radius 2 is 1.83 bits per heavy atom.